The normalized spacial score (nSPS) is 18.0. The molecule has 0 unspecified atom stereocenters. The van der Waals surface area contributed by atoms with Crippen LogP contribution in [0.25, 0.3) is 0 Å². The second-order valence-electron chi connectivity index (χ2n) is 7.37. The Morgan fingerprint density at radius 2 is 2.04 bits per heavy atom. The van der Waals surface area contributed by atoms with Crippen LogP contribution >= 0.6 is 0 Å². The van der Waals surface area contributed by atoms with Gasteiger partial charge in [-0.05, 0) is 34.6 Å². The van der Waals surface area contributed by atoms with Gasteiger partial charge in [-0.25, -0.2) is 4.98 Å². The van der Waals surface area contributed by atoms with Crippen molar-refractivity contribution in [1.82, 2.24) is 29.5 Å². The first-order valence-corrected chi connectivity index (χ1v) is 9.00. The van der Waals surface area contributed by atoms with E-state index in [0.29, 0.717) is 11.7 Å². The Kier molecular flexibility index (Phi) is 4.94. The Morgan fingerprint density at radius 1 is 1.28 bits per heavy atom. The highest BCUT2D eigenvalue weighted by atomic mass is 16.2. The molecule has 3 rings (SSSR count). The van der Waals surface area contributed by atoms with Crippen molar-refractivity contribution in [3.05, 3.63) is 35.7 Å². The molecule has 0 bridgehead atoms. The molecule has 1 aliphatic rings. The molecule has 1 amide bonds. The number of nitrogens with zero attached hydrogens (tertiary/aromatic N) is 5. The fraction of sp³-hybridized carbons (Fsp3) is 0.611. The van der Waals surface area contributed by atoms with Gasteiger partial charge in [0.05, 0.1) is 12.2 Å². The van der Waals surface area contributed by atoms with Crippen molar-refractivity contribution in [2.45, 2.75) is 65.8 Å². The fourth-order valence-electron chi connectivity index (χ4n) is 3.17. The first kappa shape index (κ1) is 17.7. The molecule has 1 N–H and O–H groups in total. The minimum atomic E-state index is -0.103. The summed E-state index contributed by atoms with van der Waals surface area (Å²) in [4.78, 5) is 19.2. The Morgan fingerprint density at radius 3 is 2.68 bits per heavy atom. The average molecular weight is 344 g/mol. The van der Waals surface area contributed by atoms with E-state index in [-0.39, 0.29) is 18.0 Å². The summed E-state index contributed by atoms with van der Waals surface area (Å²) in [6.07, 6.45) is 5.92. The first-order valence-electron chi connectivity index (χ1n) is 9.00. The Balaban J connectivity index is 1.73. The van der Waals surface area contributed by atoms with E-state index in [1.165, 1.54) is 5.56 Å². The van der Waals surface area contributed by atoms with Gasteiger partial charge in [-0.2, -0.15) is 5.10 Å². The number of carbonyl (C=O) groups is 1. The molecule has 0 saturated heterocycles. The summed E-state index contributed by atoms with van der Waals surface area (Å²) in [5, 5.41) is 7.33. The van der Waals surface area contributed by atoms with Crippen LogP contribution in [0.3, 0.4) is 0 Å². The van der Waals surface area contributed by atoms with E-state index < -0.39 is 0 Å². The molecule has 7 heteroatoms. The number of hydrogen-bond donors (Lipinski definition) is 1. The molecule has 1 atom stereocenters. The summed E-state index contributed by atoms with van der Waals surface area (Å²) < 4.78 is 4.09. The number of aromatic nitrogens is 4. The highest BCUT2D eigenvalue weighted by Gasteiger charge is 2.28. The molecule has 136 valence electrons. The highest BCUT2D eigenvalue weighted by molar-refractivity contribution is 5.92. The summed E-state index contributed by atoms with van der Waals surface area (Å²) in [5.74, 6) is 0.852. The smallest absolute Gasteiger partial charge is 0.271 e. The van der Waals surface area contributed by atoms with Crippen molar-refractivity contribution in [2.75, 3.05) is 6.54 Å². The third kappa shape index (κ3) is 3.76. The maximum atomic E-state index is 12.2. The van der Waals surface area contributed by atoms with Crippen LogP contribution in [0.2, 0.25) is 0 Å². The zero-order valence-electron chi connectivity index (χ0n) is 15.7. The van der Waals surface area contributed by atoms with Crippen molar-refractivity contribution in [3.8, 4) is 0 Å². The van der Waals surface area contributed by atoms with Crippen molar-refractivity contribution in [1.29, 1.82) is 0 Å². The van der Waals surface area contributed by atoms with Crippen molar-refractivity contribution in [2.24, 2.45) is 0 Å². The summed E-state index contributed by atoms with van der Waals surface area (Å²) >= 11 is 0. The molecule has 0 aliphatic carbocycles. The molecule has 25 heavy (non-hydrogen) atoms. The van der Waals surface area contributed by atoms with Crippen molar-refractivity contribution in [3.63, 3.8) is 0 Å². The lowest BCUT2D eigenvalue weighted by Crippen LogP contribution is -2.36. The van der Waals surface area contributed by atoms with Gasteiger partial charge < -0.3 is 9.88 Å². The molecule has 0 saturated carbocycles. The minimum Gasteiger partial charge on any atom is -0.348 e. The number of imidazole rings is 1. The van der Waals surface area contributed by atoms with Gasteiger partial charge in [0.1, 0.15) is 11.5 Å². The molecule has 0 aromatic carbocycles. The lowest BCUT2D eigenvalue weighted by molar-refractivity contribution is 0.0938. The monoisotopic (exact) mass is 344 g/mol. The molecule has 0 fully saturated rings. The summed E-state index contributed by atoms with van der Waals surface area (Å²) in [7, 11) is 0. The third-order valence-corrected chi connectivity index (χ3v) is 4.58. The Labute approximate surface area is 149 Å². The molecule has 0 radical (unpaired) electrons. The van der Waals surface area contributed by atoms with E-state index in [1.54, 1.807) is 0 Å². The third-order valence-electron chi connectivity index (χ3n) is 4.58. The number of carbonyl (C=O) groups excluding carboxylic acids is 1. The van der Waals surface area contributed by atoms with Crippen LogP contribution in [0.1, 0.15) is 68.6 Å². The van der Waals surface area contributed by atoms with E-state index >= 15 is 0 Å². The minimum absolute atomic E-state index is 0.103. The van der Waals surface area contributed by atoms with E-state index in [9.17, 15) is 4.79 Å². The predicted molar refractivity (Wildman–Crippen MR) is 96.3 cm³/mol. The largest absolute Gasteiger partial charge is 0.348 e. The lowest BCUT2D eigenvalue weighted by atomic mass is 10.2. The van der Waals surface area contributed by atoms with Crippen molar-refractivity contribution >= 4 is 5.91 Å². The molecular weight excluding hydrogens is 316 g/mol. The molecule has 1 aliphatic heterocycles. The Bertz CT molecular complexity index is 745. The molecule has 2 aromatic rings. The van der Waals surface area contributed by atoms with Crippen LogP contribution in [-0.4, -0.2) is 42.7 Å². The first-order chi connectivity index (χ1) is 11.8. The second-order valence-corrected chi connectivity index (χ2v) is 7.37. The lowest BCUT2D eigenvalue weighted by Gasteiger charge is -2.33. The standard InChI is InChI=1S/C18H28N6O/c1-12(2)20-18(25)16-11-23-7-6-22(14(5)17(23)21-16)9-15-8-19-24(10-15)13(3)4/h8,10-14H,6-7,9H2,1-5H3,(H,20,25)/t14-/m1/s1. The number of amides is 1. The van der Waals surface area contributed by atoms with Gasteiger partial charge in [-0.15, -0.1) is 0 Å². The molecule has 7 nitrogen and oxygen atoms in total. The molecular formula is C18H28N6O. The van der Waals surface area contributed by atoms with Gasteiger partial charge in [0, 0.05) is 49.7 Å². The van der Waals surface area contributed by atoms with Crippen LogP contribution in [0, 0.1) is 0 Å². The summed E-state index contributed by atoms with van der Waals surface area (Å²) in [5.41, 5.74) is 1.71. The number of rotatable bonds is 5. The number of fused-ring (bicyclic) bond motifs is 1. The van der Waals surface area contributed by atoms with Gasteiger partial charge in [-0.3, -0.25) is 14.4 Å². The highest BCUT2D eigenvalue weighted by Crippen LogP contribution is 2.26. The predicted octanol–water partition coefficient (Wildman–Crippen LogP) is 2.38. The summed E-state index contributed by atoms with van der Waals surface area (Å²) in [6.45, 7) is 12.9. The van der Waals surface area contributed by atoms with Crippen LogP contribution in [0.15, 0.2) is 18.6 Å². The van der Waals surface area contributed by atoms with E-state index in [2.05, 4.69) is 51.8 Å². The van der Waals surface area contributed by atoms with Gasteiger partial charge >= 0.3 is 0 Å². The summed E-state index contributed by atoms with van der Waals surface area (Å²) in [6, 6.07) is 0.642. The quantitative estimate of drug-likeness (QED) is 0.904. The molecule has 2 aromatic heterocycles. The fourth-order valence-corrected chi connectivity index (χ4v) is 3.17. The van der Waals surface area contributed by atoms with Gasteiger partial charge in [0.15, 0.2) is 0 Å². The second kappa shape index (κ2) is 7.00. The zero-order valence-corrected chi connectivity index (χ0v) is 15.7. The maximum Gasteiger partial charge on any atom is 0.271 e. The van der Waals surface area contributed by atoms with Crippen LogP contribution in [0.4, 0.5) is 0 Å². The Hall–Kier alpha value is -2.15. The van der Waals surface area contributed by atoms with Gasteiger partial charge in [0.2, 0.25) is 0 Å². The van der Waals surface area contributed by atoms with E-state index in [4.69, 9.17) is 0 Å². The van der Waals surface area contributed by atoms with Crippen LogP contribution in [0.5, 0.6) is 0 Å². The van der Waals surface area contributed by atoms with Gasteiger partial charge in [-0.1, -0.05) is 0 Å². The SMILES string of the molecule is CC(C)NC(=O)c1cn2c(n1)[C@@H](C)N(Cc1cnn(C(C)C)c1)CC2. The molecule has 0 spiro atoms. The average Bonchev–Trinajstić information content (AvgIpc) is 3.16. The van der Waals surface area contributed by atoms with Crippen LogP contribution < -0.4 is 5.32 Å². The zero-order chi connectivity index (χ0) is 18.1. The van der Waals surface area contributed by atoms with Crippen LogP contribution in [-0.2, 0) is 13.1 Å². The molecule has 3 heterocycles. The number of hydrogen-bond acceptors (Lipinski definition) is 4. The van der Waals surface area contributed by atoms with E-state index in [1.807, 2.05) is 30.9 Å². The van der Waals surface area contributed by atoms with Crippen molar-refractivity contribution < 1.29 is 4.79 Å². The van der Waals surface area contributed by atoms with Gasteiger partial charge in [0.25, 0.3) is 5.91 Å². The number of nitrogens with one attached hydrogen (secondary N) is 1. The van der Waals surface area contributed by atoms with E-state index in [0.717, 1.165) is 25.5 Å². The maximum absolute atomic E-state index is 12.2. The topological polar surface area (TPSA) is 68.0 Å².